The van der Waals surface area contributed by atoms with Gasteiger partial charge in [0.1, 0.15) is 24.7 Å². The largest absolute Gasteiger partial charge is 0.445 e. The van der Waals surface area contributed by atoms with Crippen molar-refractivity contribution in [3.05, 3.63) is 35.9 Å². The molecule has 1 aromatic rings. The molecule has 2 rings (SSSR count). The highest BCUT2D eigenvalue weighted by molar-refractivity contribution is 5.92. The van der Waals surface area contributed by atoms with E-state index in [9.17, 15) is 24.4 Å². The van der Waals surface area contributed by atoms with Crippen molar-refractivity contribution in [2.75, 3.05) is 6.54 Å². The molecule has 1 aromatic carbocycles. The second-order valence-corrected chi connectivity index (χ2v) is 11.5. The molecule has 4 N–H and O–H groups in total. The summed E-state index contributed by atoms with van der Waals surface area (Å²) in [6.45, 7) is 11.5. The van der Waals surface area contributed by atoms with Gasteiger partial charge in [0.2, 0.25) is 17.7 Å². The van der Waals surface area contributed by atoms with Crippen molar-refractivity contribution in [2.24, 2.45) is 11.8 Å². The molecule has 11 heteroatoms. The van der Waals surface area contributed by atoms with Gasteiger partial charge >= 0.3 is 6.09 Å². The van der Waals surface area contributed by atoms with Crippen molar-refractivity contribution < 1.29 is 28.7 Å². The average Bonchev–Trinajstić information content (AvgIpc) is 3.28. The molecular weight excluding hydrogens is 514 g/mol. The van der Waals surface area contributed by atoms with Crippen LogP contribution in [-0.4, -0.2) is 60.2 Å². The number of alkyl carbamates (subject to hydrolysis) is 1. The molecule has 4 amide bonds. The monoisotopic (exact) mass is 557 g/mol. The van der Waals surface area contributed by atoms with Crippen molar-refractivity contribution in [1.29, 1.82) is 5.26 Å². The van der Waals surface area contributed by atoms with Gasteiger partial charge in [0.05, 0.1) is 17.8 Å². The summed E-state index contributed by atoms with van der Waals surface area (Å²) in [5.41, 5.74) is 0.169. The van der Waals surface area contributed by atoms with E-state index in [-0.39, 0.29) is 30.8 Å². The molecule has 1 saturated heterocycles. The highest BCUT2D eigenvalue weighted by Crippen LogP contribution is 2.17. The maximum Gasteiger partial charge on any atom is 0.408 e. The lowest BCUT2D eigenvalue weighted by atomic mass is 9.97. The molecule has 0 spiro atoms. The molecule has 0 aliphatic carbocycles. The zero-order valence-corrected chi connectivity index (χ0v) is 24.3. The Labute approximate surface area is 236 Å². The molecule has 220 valence electrons. The molecule has 0 aromatic heterocycles. The SMILES string of the molecule is CC(C)C[C@H](NC(=O)[C@@H](NC(=O)OCc1ccccc1)[C@@H](C)OC(C)(C)C)C(=O)N[C@H](C#N)C[C@@H]1CCNC1=O. The summed E-state index contributed by atoms with van der Waals surface area (Å²) in [4.78, 5) is 51.3. The van der Waals surface area contributed by atoms with E-state index in [1.54, 1.807) is 6.92 Å². The first kappa shape index (κ1) is 32.6. The van der Waals surface area contributed by atoms with Gasteiger partial charge in [-0.2, -0.15) is 5.26 Å². The molecule has 0 saturated carbocycles. The number of hydrogen-bond acceptors (Lipinski definition) is 7. The standard InChI is InChI=1S/C29H43N5O6/c1-18(2)14-23(26(36)32-22(16-30)15-21-12-13-31-25(21)35)33-27(37)24(19(3)40-29(4,5)6)34-28(38)39-17-20-10-8-7-9-11-20/h7-11,18-19,21-24H,12-15,17H2,1-6H3,(H,31,35)(H,32,36)(H,33,37)(H,34,38)/t19-,21+,22+,23+,24+/m1/s1. The van der Waals surface area contributed by atoms with Crippen LogP contribution in [0.25, 0.3) is 0 Å². The molecule has 0 radical (unpaired) electrons. The van der Waals surface area contributed by atoms with Crippen LogP contribution >= 0.6 is 0 Å². The van der Waals surface area contributed by atoms with Crippen LogP contribution in [0.3, 0.4) is 0 Å². The Morgan fingerprint density at radius 1 is 1.07 bits per heavy atom. The van der Waals surface area contributed by atoms with E-state index in [0.29, 0.717) is 19.4 Å². The number of nitriles is 1. The van der Waals surface area contributed by atoms with E-state index >= 15 is 0 Å². The third-order valence-electron chi connectivity index (χ3n) is 6.27. The van der Waals surface area contributed by atoms with Gasteiger partial charge in [-0.15, -0.1) is 0 Å². The van der Waals surface area contributed by atoms with Crippen LogP contribution in [0.4, 0.5) is 4.79 Å². The number of nitrogens with zero attached hydrogens (tertiary/aromatic N) is 1. The maximum absolute atomic E-state index is 13.5. The fraction of sp³-hybridized carbons (Fsp3) is 0.621. The Morgan fingerprint density at radius 3 is 2.30 bits per heavy atom. The molecule has 11 nitrogen and oxygen atoms in total. The van der Waals surface area contributed by atoms with Crippen molar-refractivity contribution in [3.8, 4) is 6.07 Å². The van der Waals surface area contributed by atoms with Gasteiger partial charge in [0.25, 0.3) is 0 Å². The summed E-state index contributed by atoms with van der Waals surface area (Å²) in [6, 6.07) is 8.13. The summed E-state index contributed by atoms with van der Waals surface area (Å²) in [6.07, 6.45) is -0.500. The van der Waals surface area contributed by atoms with E-state index in [0.717, 1.165) is 5.56 Å². The van der Waals surface area contributed by atoms with Gasteiger partial charge in [-0.1, -0.05) is 44.2 Å². The van der Waals surface area contributed by atoms with Crippen LogP contribution in [0.2, 0.25) is 0 Å². The van der Waals surface area contributed by atoms with Crippen molar-refractivity contribution >= 4 is 23.8 Å². The van der Waals surface area contributed by atoms with E-state index in [2.05, 4.69) is 21.3 Å². The van der Waals surface area contributed by atoms with Crippen LogP contribution in [-0.2, 0) is 30.5 Å². The van der Waals surface area contributed by atoms with Crippen LogP contribution in [0.1, 0.15) is 66.4 Å². The maximum atomic E-state index is 13.5. The van der Waals surface area contributed by atoms with Crippen molar-refractivity contribution in [1.82, 2.24) is 21.3 Å². The van der Waals surface area contributed by atoms with Gasteiger partial charge < -0.3 is 30.7 Å². The minimum atomic E-state index is -1.17. The van der Waals surface area contributed by atoms with Crippen molar-refractivity contribution in [3.63, 3.8) is 0 Å². The second kappa shape index (κ2) is 15.2. The molecule has 0 unspecified atom stereocenters. The molecule has 1 aliphatic rings. The van der Waals surface area contributed by atoms with Crippen LogP contribution < -0.4 is 21.3 Å². The summed E-state index contributed by atoms with van der Waals surface area (Å²) >= 11 is 0. The third kappa shape index (κ3) is 11.2. The fourth-order valence-corrected chi connectivity index (χ4v) is 4.45. The minimum Gasteiger partial charge on any atom is -0.445 e. The number of hydrogen-bond donors (Lipinski definition) is 4. The Hall–Kier alpha value is -3.65. The Morgan fingerprint density at radius 2 is 1.75 bits per heavy atom. The topological polar surface area (TPSA) is 159 Å². The molecule has 5 atom stereocenters. The lowest BCUT2D eigenvalue weighted by molar-refractivity contribution is -0.135. The van der Waals surface area contributed by atoms with Gasteiger partial charge in [-0.3, -0.25) is 14.4 Å². The zero-order chi connectivity index (χ0) is 29.9. The number of carbonyl (C=O) groups is 4. The molecular formula is C29H43N5O6. The molecule has 40 heavy (non-hydrogen) atoms. The van der Waals surface area contributed by atoms with Crippen molar-refractivity contribution in [2.45, 2.75) is 97.2 Å². The highest BCUT2D eigenvalue weighted by Gasteiger charge is 2.35. The zero-order valence-electron chi connectivity index (χ0n) is 24.3. The van der Waals surface area contributed by atoms with E-state index in [1.165, 1.54) is 0 Å². The molecule has 1 aliphatic heterocycles. The van der Waals surface area contributed by atoms with Crippen LogP contribution in [0.5, 0.6) is 0 Å². The summed E-state index contributed by atoms with van der Waals surface area (Å²) < 4.78 is 11.3. The molecule has 1 heterocycles. The van der Waals surface area contributed by atoms with Gasteiger partial charge in [0, 0.05) is 12.5 Å². The summed E-state index contributed by atoms with van der Waals surface area (Å²) in [7, 11) is 0. The minimum absolute atomic E-state index is 0.0163. The van der Waals surface area contributed by atoms with Gasteiger partial charge in [-0.05, 0) is 58.4 Å². The first-order valence-electron chi connectivity index (χ1n) is 13.7. The van der Waals surface area contributed by atoms with Crippen LogP contribution in [0.15, 0.2) is 30.3 Å². The number of carbonyl (C=O) groups excluding carboxylic acids is 4. The molecule has 0 bridgehead atoms. The average molecular weight is 558 g/mol. The Bertz CT molecular complexity index is 1050. The lowest BCUT2D eigenvalue weighted by Gasteiger charge is -2.31. The predicted octanol–water partition coefficient (Wildman–Crippen LogP) is 2.55. The fourth-order valence-electron chi connectivity index (χ4n) is 4.45. The van der Waals surface area contributed by atoms with E-state index < -0.39 is 47.7 Å². The number of amides is 4. The van der Waals surface area contributed by atoms with Gasteiger partial charge in [-0.25, -0.2) is 4.79 Å². The normalized spacial score (nSPS) is 18.1. The highest BCUT2D eigenvalue weighted by atomic mass is 16.6. The smallest absolute Gasteiger partial charge is 0.408 e. The second-order valence-electron chi connectivity index (χ2n) is 11.5. The first-order chi connectivity index (χ1) is 18.8. The Balaban J connectivity index is 2.13. The Kier molecular flexibility index (Phi) is 12.4. The lowest BCUT2D eigenvalue weighted by Crippen LogP contribution is -2.59. The predicted molar refractivity (Wildman–Crippen MR) is 149 cm³/mol. The van der Waals surface area contributed by atoms with Crippen LogP contribution in [0, 0.1) is 23.2 Å². The summed E-state index contributed by atoms with van der Waals surface area (Å²) in [5, 5.41) is 20.3. The van der Waals surface area contributed by atoms with E-state index in [4.69, 9.17) is 9.47 Å². The summed E-state index contributed by atoms with van der Waals surface area (Å²) in [5.74, 6) is -1.63. The molecule has 1 fully saturated rings. The number of benzene rings is 1. The number of nitrogens with one attached hydrogen (secondary N) is 4. The third-order valence-corrected chi connectivity index (χ3v) is 6.27. The number of ether oxygens (including phenoxy) is 2. The number of rotatable bonds is 13. The van der Waals surface area contributed by atoms with E-state index in [1.807, 2.05) is 71.0 Å². The first-order valence-corrected chi connectivity index (χ1v) is 13.7. The van der Waals surface area contributed by atoms with Gasteiger partial charge in [0.15, 0.2) is 0 Å². The quantitative estimate of drug-likeness (QED) is 0.290.